The average molecular weight is 230 g/mol. The fourth-order valence-electron chi connectivity index (χ4n) is 1.47. The van der Waals surface area contributed by atoms with Gasteiger partial charge in [-0.05, 0) is 11.1 Å². The maximum absolute atomic E-state index is 9.68. The molecule has 0 aromatic rings. The van der Waals surface area contributed by atoms with E-state index in [0.717, 1.165) is 0 Å². The van der Waals surface area contributed by atoms with Crippen LogP contribution in [-0.2, 0) is 4.74 Å². The Bertz CT molecular complexity index is 338. The Morgan fingerprint density at radius 2 is 1.69 bits per heavy atom. The zero-order chi connectivity index (χ0) is 12.1. The number of aliphatic hydroxyl groups is 3. The molecule has 0 amide bonds. The molecule has 10 nitrogen and oxygen atoms in total. The van der Waals surface area contributed by atoms with Crippen molar-refractivity contribution in [1.82, 2.24) is 0 Å². The molecule has 0 radical (unpaired) electrons. The van der Waals surface area contributed by atoms with Gasteiger partial charge in [0.25, 0.3) is 0 Å². The predicted octanol–water partition coefficient (Wildman–Crippen LogP) is -0.585. The summed E-state index contributed by atoms with van der Waals surface area (Å²) in [6, 6.07) is -2.39. The summed E-state index contributed by atoms with van der Waals surface area (Å²) in [5.74, 6) is 0. The van der Waals surface area contributed by atoms with E-state index in [1.165, 1.54) is 0 Å². The molecular formula is C6H10N6O4. The summed E-state index contributed by atoms with van der Waals surface area (Å²) in [6.07, 6.45) is -3.99. The highest BCUT2D eigenvalue weighted by atomic mass is 16.6. The fraction of sp³-hybridized carbons (Fsp3) is 1.00. The molecule has 1 heterocycles. The third-order valence-electron chi connectivity index (χ3n) is 2.24. The van der Waals surface area contributed by atoms with Crippen LogP contribution < -0.4 is 0 Å². The van der Waals surface area contributed by atoms with Gasteiger partial charge in [-0.1, -0.05) is 10.2 Å². The van der Waals surface area contributed by atoms with Gasteiger partial charge in [-0.15, -0.1) is 0 Å². The van der Waals surface area contributed by atoms with Gasteiger partial charge in [-0.2, -0.15) is 0 Å². The summed E-state index contributed by atoms with van der Waals surface area (Å²) in [5, 5.41) is 34.3. The van der Waals surface area contributed by atoms with Crippen LogP contribution in [0.4, 0.5) is 0 Å². The zero-order valence-corrected chi connectivity index (χ0v) is 8.03. The lowest BCUT2D eigenvalue weighted by atomic mass is 9.96. The highest BCUT2D eigenvalue weighted by Crippen LogP contribution is 2.24. The van der Waals surface area contributed by atoms with E-state index in [1.54, 1.807) is 0 Å². The second-order valence-electron chi connectivity index (χ2n) is 3.13. The Hall–Kier alpha value is -1.54. The molecule has 5 atom stereocenters. The van der Waals surface area contributed by atoms with Crippen molar-refractivity contribution in [3.05, 3.63) is 20.9 Å². The van der Waals surface area contributed by atoms with E-state index in [4.69, 9.17) is 20.9 Å². The van der Waals surface area contributed by atoms with E-state index in [0.29, 0.717) is 0 Å². The molecule has 0 bridgehead atoms. The van der Waals surface area contributed by atoms with Gasteiger partial charge in [0.2, 0.25) is 0 Å². The van der Waals surface area contributed by atoms with Crippen LogP contribution in [0.2, 0.25) is 0 Å². The summed E-state index contributed by atoms with van der Waals surface area (Å²) in [4.78, 5) is 4.92. The number of hydrogen-bond acceptors (Lipinski definition) is 6. The van der Waals surface area contributed by atoms with Gasteiger partial charge in [0.15, 0.2) is 6.29 Å². The fourth-order valence-corrected chi connectivity index (χ4v) is 1.47. The molecule has 0 aromatic carbocycles. The van der Waals surface area contributed by atoms with E-state index in [-0.39, 0.29) is 0 Å². The first-order chi connectivity index (χ1) is 7.65. The molecule has 1 rings (SSSR count). The highest BCUT2D eigenvalue weighted by molar-refractivity contribution is 4.97. The number of azide groups is 2. The van der Waals surface area contributed by atoms with Crippen LogP contribution in [0.1, 0.15) is 0 Å². The molecule has 1 fully saturated rings. The highest BCUT2D eigenvalue weighted by Gasteiger charge is 2.43. The molecule has 0 aromatic heterocycles. The average Bonchev–Trinajstić information content (AvgIpc) is 2.28. The molecule has 0 saturated carbocycles. The van der Waals surface area contributed by atoms with Crippen LogP contribution in [0.15, 0.2) is 10.2 Å². The number of rotatable bonds is 3. The SMILES string of the molecule is [N-]=[N+]=NC1C(O)OC(CO)[C@@H](N=[N+]=[N-])[C@@H]1O. The van der Waals surface area contributed by atoms with Gasteiger partial charge >= 0.3 is 0 Å². The molecule has 10 heteroatoms. The largest absolute Gasteiger partial charge is 0.394 e. The lowest BCUT2D eigenvalue weighted by molar-refractivity contribution is -0.215. The number of hydrogen-bond donors (Lipinski definition) is 3. The minimum atomic E-state index is -1.55. The second-order valence-corrected chi connectivity index (χ2v) is 3.13. The third-order valence-corrected chi connectivity index (χ3v) is 2.24. The quantitative estimate of drug-likeness (QED) is 0.335. The van der Waals surface area contributed by atoms with Crippen LogP contribution in [0.3, 0.4) is 0 Å². The first-order valence-corrected chi connectivity index (χ1v) is 4.36. The van der Waals surface area contributed by atoms with Crippen molar-refractivity contribution in [2.75, 3.05) is 6.61 Å². The monoisotopic (exact) mass is 230 g/mol. The van der Waals surface area contributed by atoms with Gasteiger partial charge in [-0.25, -0.2) is 0 Å². The van der Waals surface area contributed by atoms with Crippen molar-refractivity contribution in [2.45, 2.75) is 30.6 Å². The first kappa shape index (κ1) is 12.5. The van der Waals surface area contributed by atoms with Crippen molar-refractivity contribution in [3.8, 4) is 0 Å². The molecule has 16 heavy (non-hydrogen) atoms. The van der Waals surface area contributed by atoms with Crippen molar-refractivity contribution < 1.29 is 20.1 Å². The molecule has 0 spiro atoms. The smallest absolute Gasteiger partial charge is 0.166 e. The first-order valence-electron chi connectivity index (χ1n) is 4.36. The van der Waals surface area contributed by atoms with Crippen LogP contribution in [0.25, 0.3) is 20.9 Å². The number of aliphatic hydroxyl groups excluding tert-OH is 3. The van der Waals surface area contributed by atoms with Gasteiger partial charge in [0.1, 0.15) is 6.04 Å². The third kappa shape index (κ3) is 2.34. The van der Waals surface area contributed by atoms with Crippen molar-refractivity contribution >= 4 is 0 Å². The van der Waals surface area contributed by atoms with Crippen LogP contribution in [-0.4, -0.2) is 52.5 Å². The molecule has 1 aliphatic heterocycles. The summed E-state index contributed by atoms with van der Waals surface area (Å²) >= 11 is 0. The minimum Gasteiger partial charge on any atom is -0.394 e. The van der Waals surface area contributed by atoms with Crippen LogP contribution >= 0.6 is 0 Å². The molecule has 3 unspecified atom stereocenters. The van der Waals surface area contributed by atoms with Crippen LogP contribution in [0.5, 0.6) is 0 Å². The van der Waals surface area contributed by atoms with E-state index >= 15 is 0 Å². The second kappa shape index (κ2) is 5.52. The maximum Gasteiger partial charge on any atom is 0.166 e. The zero-order valence-electron chi connectivity index (χ0n) is 8.03. The lowest BCUT2D eigenvalue weighted by Crippen LogP contribution is -2.56. The summed E-state index contributed by atoms with van der Waals surface area (Å²) in [6.45, 7) is -0.541. The van der Waals surface area contributed by atoms with E-state index < -0.39 is 37.2 Å². The Kier molecular flexibility index (Phi) is 4.32. The van der Waals surface area contributed by atoms with E-state index in [9.17, 15) is 10.2 Å². The number of ether oxygens (including phenoxy) is 1. The molecule has 0 aliphatic carbocycles. The normalized spacial score (nSPS) is 38.3. The molecule has 1 saturated heterocycles. The lowest BCUT2D eigenvalue weighted by Gasteiger charge is -2.38. The van der Waals surface area contributed by atoms with Crippen molar-refractivity contribution in [2.24, 2.45) is 10.2 Å². The minimum absolute atomic E-state index is 0.541. The van der Waals surface area contributed by atoms with Gasteiger partial charge in [0, 0.05) is 9.82 Å². The standard InChI is InChI=1S/C6H10N6O4/c7-11-9-3-2(1-13)16-6(15)4(5(3)14)10-12-8/h2-6,13-15H,1H2/t2?,3-,4?,5+,6?/m1/s1. The number of nitrogens with zero attached hydrogens (tertiary/aromatic N) is 6. The summed E-state index contributed by atoms with van der Waals surface area (Å²) in [5.41, 5.74) is 16.5. The topological polar surface area (TPSA) is 167 Å². The van der Waals surface area contributed by atoms with Crippen LogP contribution in [0, 0.1) is 0 Å². The van der Waals surface area contributed by atoms with Crippen molar-refractivity contribution in [1.29, 1.82) is 0 Å². The van der Waals surface area contributed by atoms with E-state index in [1.807, 2.05) is 0 Å². The van der Waals surface area contributed by atoms with Gasteiger partial charge in [0.05, 0.1) is 24.9 Å². The molecule has 1 aliphatic rings. The Morgan fingerprint density at radius 1 is 1.12 bits per heavy atom. The predicted molar refractivity (Wildman–Crippen MR) is 49.8 cm³/mol. The maximum atomic E-state index is 9.68. The molecular weight excluding hydrogens is 220 g/mol. The Morgan fingerprint density at radius 3 is 2.19 bits per heavy atom. The Labute approximate surface area is 89.3 Å². The van der Waals surface area contributed by atoms with Gasteiger partial charge in [-0.3, -0.25) is 0 Å². The molecule has 3 N–H and O–H groups in total. The summed E-state index contributed by atoms with van der Waals surface area (Å²) < 4.78 is 4.85. The molecule has 88 valence electrons. The van der Waals surface area contributed by atoms with Gasteiger partial charge < -0.3 is 20.1 Å². The van der Waals surface area contributed by atoms with E-state index in [2.05, 4.69) is 20.1 Å². The summed E-state index contributed by atoms with van der Waals surface area (Å²) in [7, 11) is 0. The van der Waals surface area contributed by atoms with Crippen molar-refractivity contribution in [3.63, 3.8) is 0 Å². The Balaban J connectivity index is 2.96.